The molecule has 0 aliphatic heterocycles. The monoisotopic (exact) mass is 295 g/mol. The summed E-state index contributed by atoms with van der Waals surface area (Å²) >= 11 is 6.34. The highest BCUT2D eigenvalue weighted by Crippen LogP contribution is 2.29. The third kappa shape index (κ3) is 4.02. The van der Waals surface area contributed by atoms with Gasteiger partial charge < -0.3 is 11.1 Å². The van der Waals surface area contributed by atoms with Gasteiger partial charge in [0.2, 0.25) is 0 Å². The van der Waals surface area contributed by atoms with Crippen molar-refractivity contribution < 1.29 is 13.2 Å². The van der Waals surface area contributed by atoms with Crippen molar-refractivity contribution in [3.8, 4) is 0 Å². The lowest BCUT2D eigenvalue weighted by Crippen LogP contribution is -2.18. The Morgan fingerprint density at radius 2 is 2.17 bits per heavy atom. The zero-order valence-corrected chi connectivity index (χ0v) is 11.2. The third-order valence-corrected chi connectivity index (χ3v) is 2.88. The Labute approximate surface area is 112 Å². The quantitative estimate of drug-likeness (QED) is 0.646. The molecule has 0 unspecified atom stereocenters. The molecule has 1 rings (SSSR count). The highest BCUT2D eigenvalue weighted by atomic mass is 32.2. The number of nitrogens with one attached hydrogen (secondary N) is 1. The lowest BCUT2D eigenvalue weighted by Gasteiger charge is -2.13. The van der Waals surface area contributed by atoms with Crippen LogP contribution in [0.4, 0.5) is 19.0 Å². The van der Waals surface area contributed by atoms with E-state index in [4.69, 9.17) is 18.0 Å². The lowest BCUT2D eigenvalue weighted by molar-refractivity contribution is -0.141. The highest BCUT2D eigenvalue weighted by Gasteiger charge is 2.33. The lowest BCUT2D eigenvalue weighted by atomic mass is 10.2. The Balaban J connectivity index is 3.04. The fraction of sp³-hybridized carbons (Fsp3) is 0.400. The molecule has 3 N–H and O–H groups in total. The number of thiocarbonyl (C=S) groups is 1. The van der Waals surface area contributed by atoms with Crippen LogP contribution in [0.3, 0.4) is 0 Å². The van der Waals surface area contributed by atoms with Gasteiger partial charge in [0.1, 0.15) is 16.5 Å². The van der Waals surface area contributed by atoms with Crippen molar-refractivity contribution in [2.75, 3.05) is 23.9 Å². The van der Waals surface area contributed by atoms with Crippen LogP contribution in [0.5, 0.6) is 0 Å². The standard InChI is InChI=1S/C10H12F3N3S2/c1-18-5-4-15-9-6(8(14)17)2-3-7(16-9)10(11,12)13/h2-3H,4-5H2,1H3,(H2,14,17)(H,15,16). The van der Waals surface area contributed by atoms with E-state index < -0.39 is 11.9 Å². The normalized spacial score (nSPS) is 11.3. The Kier molecular flexibility index (Phi) is 5.21. The molecule has 3 nitrogen and oxygen atoms in total. The minimum absolute atomic E-state index is 0.0166. The van der Waals surface area contributed by atoms with Crippen molar-refractivity contribution in [3.63, 3.8) is 0 Å². The Morgan fingerprint density at radius 1 is 1.50 bits per heavy atom. The molecule has 1 aromatic rings. The van der Waals surface area contributed by atoms with Crippen molar-refractivity contribution in [2.24, 2.45) is 5.73 Å². The maximum absolute atomic E-state index is 12.5. The molecule has 100 valence electrons. The molecule has 0 amide bonds. The molecule has 0 radical (unpaired) electrons. The minimum atomic E-state index is -4.48. The second kappa shape index (κ2) is 6.24. The molecule has 0 spiro atoms. The van der Waals surface area contributed by atoms with E-state index in [-0.39, 0.29) is 10.8 Å². The van der Waals surface area contributed by atoms with E-state index in [0.29, 0.717) is 12.1 Å². The third-order valence-electron chi connectivity index (χ3n) is 2.05. The highest BCUT2D eigenvalue weighted by molar-refractivity contribution is 7.98. The fourth-order valence-electron chi connectivity index (χ4n) is 1.22. The number of hydrogen-bond donors (Lipinski definition) is 2. The summed E-state index contributed by atoms with van der Waals surface area (Å²) in [6.07, 6.45) is -2.58. The van der Waals surface area contributed by atoms with Crippen LogP contribution in [-0.2, 0) is 6.18 Å². The molecule has 0 saturated carbocycles. The van der Waals surface area contributed by atoms with Gasteiger partial charge in [-0.05, 0) is 18.4 Å². The molecule has 0 saturated heterocycles. The molecule has 18 heavy (non-hydrogen) atoms. The molecule has 0 aliphatic rings. The van der Waals surface area contributed by atoms with Gasteiger partial charge in [-0.15, -0.1) is 0 Å². The van der Waals surface area contributed by atoms with Gasteiger partial charge in [-0.25, -0.2) is 4.98 Å². The first kappa shape index (κ1) is 15.0. The molecule has 0 aromatic carbocycles. The second-order valence-electron chi connectivity index (χ2n) is 3.37. The van der Waals surface area contributed by atoms with Crippen molar-refractivity contribution in [2.45, 2.75) is 6.18 Å². The van der Waals surface area contributed by atoms with Crippen LogP contribution in [0, 0.1) is 0 Å². The number of pyridine rings is 1. The van der Waals surface area contributed by atoms with Crippen LogP contribution < -0.4 is 11.1 Å². The molecule has 8 heteroatoms. The average molecular weight is 295 g/mol. The SMILES string of the molecule is CSCCNc1nc(C(F)(F)F)ccc1C(N)=S. The van der Waals surface area contributed by atoms with E-state index in [9.17, 15) is 13.2 Å². The average Bonchev–Trinajstić information content (AvgIpc) is 2.27. The van der Waals surface area contributed by atoms with E-state index in [0.717, 1.165) is 11.8 Å². The van der Waals surface area contributed by atoms with Gasteiger partial charge in [0.15, 0.2) is 0 Å². The molecule has 1 aromatic heterocycles. The zero-order valence-electron chi connectivity index (χ0n) is 9.54. The number of rotatable bonds is 5. The second-order valence-corrected chi connectivity index (χ2v) is 4.80. The molecule has 0 atom stereocenters. The topological polar surface area (TPSA) is 50.9 Å². The van der Waals surface area contributed by atoms with Gasteiger partial charge in [0, 0.05) is 12.3 Å². The van der Waals surface area contributed by atoms with Gasteiger partial charge in [-0.1, -0.05) is 12.2 Å². The van der Waals surface area contributed by atoms with E-state index in [1.165, 1.54) is 6.07 Å². The number of nitrogens with zero attached hydrogens (tertiary/aromatic N) is 1. The maximum atomic E-state index is 12.5. The van der Waals surface area contributed by atoms with E-state index >= 15 is 0 Å². The van der Waals surface area contributed by atoms with E-state index in [1.54, 1.807) is 11.8 Å². The number of hydrogen-bond acceptors (Lipinski definition) is 4. The summed E-state index contributed by atoms with van der Waals surface area (Å²) in [6, 6.07) is 2.10. The number of aromatic nitrogens is 1. The summed E-state index contributed by atoms with van der Waals surface area (Å²) in [5.74, 6) is 0.820. The number of halogens is 3. The van der Waals surface area contributed by atoms with Gasteiger partial charge in [-0.3, -0.25) is 0 Å². The summed E-state index contributed by atoms with van der Waals surface area (Å²) in [4.78, 5) is 3.54. The van der Waals surface area contributed by atoms with Gasteiger partial charge in [0.05, 0.1) is 5.56 Å². The Hall–Kier alpha value is -1.02. The van der Waals surface area contributed by atoms with Crippen LogP contribution in [0.15, 0.2) is 12.1 Å². The number of alkyl halides is 3. The molecule has 0 fully saturated rings. The van der Waals surface area contributed by atoms with Crippen molar-refractivity contribution in [3.05, 3.63) is 23.4 Å². The van der Waals surface area contributed by atoms with Crippen LogP contribution >= 0.6 is 24.0 Å². The van der Waals surface area contributed by atoms with Gasteiger partial charge in [-0.2, -0.15) is 24.9 Å². The minimum Gasteiger partial charge on any atom is -0.389 e. The first-order chi connectivity index (χ1) is 8.36. The van der Waals surface area contributed by atoms with Crippen LogP contribution in [0.2, 0.25) is 0 Å². The Morgan fingerprint density at radius 3 is 2.67 bits per heavy atom. The van der Waals surface area contributed by atoms with E-state index in [2.05, 4.69) is 10.3 Å². The summed E-state index contributed by atoms with van der Waals surface area (Å²) in [6.45, 7) is 0.491. The number of anilines is 1. The van der Waals surface area contributed by atoms with Crippen LogP contribution in [-0.4, -0.2) is 28.5 Å². The molecule has 0 bridgehead atoms. The van der Waals surface area contributed by atoms with Crippen molar-refractivity contribution in [1.82, 2.24) is 4.98 Å². The predicted molar refractivity (Wildman–Crippen MR) is 72.0 cm³/mol. The summed E-state index contributed by atoms with van der Waals surface area (Å²) in [5, 5.41) is 2.81. The first-order valence-electron chi connectivity index (χ1n) is 4.97. The smallest absolute Gasteiger partial charge is 0.389 e. The summed E-state index contributed by atoms with van der Waals surface area (Å²) in [5.41, 5.74) is 4.80. The molecule has 0 aliphatic carbocycles. The Bertz CT molecular complexity index is 435. The van der Waals surface area contributed by atoms with E-state index in [1.807, 2.05) is 6.26 Å². The van der Waals surface area contributed by atoms with Crippen molar-refractivity contribution >= 4 is 34.8 Å². The predicted octanol–water partition coefficient (Wildman–Crippen LogP) is 2.51. The van der Waals surface area contributed by atoms with Crippen molar-refractivity contribution in [1.29, 1.82) is 0 Å². The maximum Gasteiger partial charge on any atom is 0.433 e. The molecular weight excluding hydrogens is 283 g/mol. The summed E-state index contributed by atoms with van der Waals surface area (Å²) < 4.78 is 37.6. The molecule has 1 heterocycles. The van der Waals surface area contributed by atoms with Crippen LogP contribution in [0.25, 0.3) is 0 Å². The first-order valence-corrected chi connectivity index (χ1v) is 6.77. The van der Waals surface area contributed by atoms with Gasteiger partial charge in [0.25, 0.3) is 0 Å². The largest absolute Gasteiger partial charge is 0.433 e. The zero-order chi connectivity index (χ0) is 13.8. The molecular formula is C10H12F3N3S2. The summed E-state index contributed by atoms with van der Waals surface area (Å²) in [7, 11) is 0. The number of thioether (sulfide) groups is 1. The van der Waals surface area contributed by atoms with Crippen LogP contribution in [0.1, 0.15) is 11.3 Å². The van der Waals surface area contributed by atoms with Gasteiger partial charge >= 0.3 is 6.18 Å². The fourth-order valence-corrected chi connectivity index (χ4v) is 1.69. The number of nitrogens with two attached hydrogens (primary N) is 1.